The lowest BCUT2D eigenvalue weighted by atomic mass is 10.1. The second-order valence-electron chi connectivity index (χ2n) is 9.77. The summed E-state index contributed by atoms with van der Waals surface area (Å²) in [6.45, 7) is 3.49. The Balaban J connectivity index is 1.39. The zero-order chi connectivity index (χ0) is 24.8. The van der Waals surface area contributed by atoms with E-state index in [1.165, 1.54) is 0 Å². The van der Waals surface area contributed by atoms with Crippen molar-refractivity contribution in [3.8, 4) is 6.07 Å². The number of nitriles is 1. The van der Waals surface area contributed by atoms with Crippen LogP contribution in [0, 0.1) is 21.4 Å². The van der Waals surface area contributed by atoms with Crippen molar-refractivity contribution in [3.63, 3.8) is 0 Å². The lowest BCUT2D eigenvalue weighted by Crippen LogP contribution is -2.56. The molecule has 11 heteroatoms. The van der Waals surface area contributed by atoms with Gasteiger partial charge in [0.15, 0.2) is 0 Å². The molecule has 184 valence electrons. The summed E-state index contributed by atoms with van der Waals surface area (Å²) in [5.41, 5.74) is 7.16. The summed E-state index contributed by atoms with van der Waals surface area (Å²) < 4.78 is -0.220. The number of fused-ring (bicyclic) bond motifs is 2. The number of hydrogen-bond acceptors (Lipinski definition) is 7. The summed E-state index contributed by atoms with van der Waals surface area (Å²) in [4.78, 5) is 43.6. The SMILES string of the molecule is C[C@@H](c1ccc(S(C)(C)[N+](=O)[O-])cc1)N1C(=O)[C@@H]2C[C@H]1CN2C[C@H](N)C(=O)N1CCC[C@H]1C#N. The van der Waals surface area contributed by atoms with Gasteiger partial charge in [0.1, 0.15) is 6.04 Å². The first-order valence-electron chi connectivity index (χ1n) is 11.6. The van der Waals surface area contributed by atoms with Crippen LogP contribution in [0.2, 0.25) is 0 Å². The van der Waals surface area contributed by atoms with Crippen molar-refractivity contribution in [1.29, 1.82) is 5.26 Å². The molecule has 3 aliphatic rings. The van der Waals surface area contributed by atoms with Gasteiger partial charge < -0.3 is 15.5 Å². The third-order valence-electron chi connectivity index (χ3n) is 7.48. The summed E-state index contributed by atoms with van der Waals surface area (Å²) in [5.74, 6) is -0.191. The molecule has 4 rings (SSSR count). The molecule has 5 atom stereocenters. The Hall–Kier alpha value is -2.68. The second-order valence-corrected chi connectivity index (χ2v) is 13.1. The first-order chi connectivity index (χ1) is 16.1. The maximum absolute atomic E-state index is 13.2. The van der Waals surface area contributed by atoms with Crippen molar-refractivity contribution < 1.29 is 13.9 Å². The van der Waals surface area contributed by atoms with E-state index in [0.717, 1.165) is 12.0 Å². The Kier molecular flexibility index (Phi) is 6.59. The summed E-state index contributed by atoms with van der Waals surface area (Å²) in [6, 6.07) is 7.95. The number of nitro groups is 1. The maximum Gasteiger partial charge on any atom is 0.241 e. The van der Waals surface area contributed by atoms with E-state index in [0.29, 0.717) is 37.4 Å². The fourth-order valence-electron chi connectivity index (χ4n) is 5.43. The molecule has 3 aliphatic heterocycles. The number of rotatable bonds is 7. The minimum Gasteiger partial charge on any atom is -0.330 e. The van der Waals surface area contributed by atoms with E-state index in [1.807, 2.05) is 28.9 Å². The van der Waals surface area contributed by atoms with Gasteiger partial charge in [0.2, 0.25) is 11.8 Å². The molecule has 2 amide bonds. The van der Waals surface area contributed by atoms with Crippen LogP contribution in [0.4, 0.5) is 0 Å². The van der Waals surface area contributed by atoms with Gasteiger partial charge in [-0.25, -0.2) is 0 Å². The Morgan fingerprint density at radius 3 is 2.62 bits per heavy atom. The third-order valence-corrected chi connectivity index (χ3v) is 9.65. The molecule has 0 spiro atoms. The summed E-state index contributed by atoms with van der Waals surface area (Å²) in [7, 11) is -2.12. The fraction of sp³-hybridized carbons (Fsp3) is 0.609. The predicted octanol–water partition coefficient (Wildman–Crippen LogP) is 1.49. The topological polar surface area (TPSA) is 137 Å². The number of piperazine rings is 1. The van der Waals surface area contributed by atoms with Gasteiger partial charge in [-0.3, -0.25) is 24.6 Å². The zero-order valence-electron chi connectivity index (χ0n) is 19.8. The minimum absolute atomic E-state index is 0.0276. The lowest BCUT2D eigenvalue weighted by Gasteiger charge is -2.38. The van der Waals surface area contributed by atoms with Gasteiger partial charge in [-0.15, -0.1) is 0 Å². The highest BCUT2D eigenvalue weighted by Gasteiger charge is 2.51. The van der Waals surface area contributed by atoms with Gasteiger partial charge in [-0.05, 0) is 43.9 Å². The average Bonchev–Trinajstić information content (AvgIpc) is 3.52. The van der Waals surface area contributed by atoms with Gasteiger partial charge >= 0.3 is 0 Å². The maximum atomic E-state index is 13.2. The molecule has 10 nitrogen and oxygen atoms in total. The standard InChI is InChI=1S/C23H32N6O4S/c1-15(16-6-8-19(9-7-16)34(2,3)29(32)33)28-18-11-21(23(28)31)26(13-18)14-20(25)22(30)27-10-4-5-17(27)12-24/h6-9,15,17-18,20-21H,4-5,10-11,13-14,25H2,1-3H3/t15-,17-,18-,20-,21-/m0/s1. The second kappa shape index (κ2) is 9.17. The average molecular weight is 489 g/mol. The number of carbonyl (C=O) groups is 2. The number of hydrogen-bond donors (Lipinski definition) is 1. The van der Waals surface area contributed by atoms with Gasteiger partial charge in [0, 0.05) is 48.4 Å². The highest BCUT2D eigenvalue weighted by molar-refractivity contribution is 8.27. The van der Waals surface area contributed by atoms with Crippen molar-refractivity contribution in [1.82, 2.24) is 14.7 Å². The fourth-order valence-corrected chi connectivity index (χ4v) is 6.41. The number of amides is 2. The predicted molar refractivity (Wildman–Crippen MR) is 128 cm³/mol. The van der Waals surface area contributed by atoms with Crippen LogP contribution in [0.3, 0.4) is 0 Å². The van der Waals surface area contributed by atoms with Crippen LogP contribution >= 0.6 is 10.2 Å². The minimum atomic E-state index is -2.12. The Morgan fingerprint density at radius 1 is 1.35 bits per heavy atom. The van der Waals surface area contributed by atoms with Crippen molar-refractivity contribution in [2.75, 3.05) is 32.1 Å². The number of nitrogens with zero attached hydrogens (tertiary/aromatic N) is 5. The molecule has 0 unspecified atom stereocenters. The molecule has 0 saturated carbocycles. The van der Waals surface area contributed by atoms with E-state index in [1.54, 1.807) is 29.5 Å². The Labute approximate surface area is 201 Å². The summed E-state index contributed by atoms with van der Waals surface area (Å²) in [5, 5.41) is 20.6. The first-order valence-corrected chi connectivity index (χ1v) is 14.0. The van der Waals surface area contributed by atoms with E-state index >= 15 is 0 Å². The molecule has 0 radical (unpaired) electrons. The number of nitrogens with two attached hydrogens (primary N) is 1. The number of carbonyl (C=O) groups excluding carboxylic acids is 2. The van der Waals surface area contributed by atoms with Crippen molar-refractivity contribution in [3.05, 3.63) is 39.9 Å². The van der Waals surface area contributed by atoms with Crippen molar-refractivity contribution in [2.24, 2.45) is 5.73 Å². The highest BCUT2D eigenvalue weighted by Crippen LogP contribution is 2.49. The summed E-state index contributed by atoms with van der Waals surface area (Å²) >= 11 is 0. The van der Waals surface area contributed by atoms with Gasteiger partial charge in [-0.1, -0.05) is 12.1 Å². The van der Waals surface area contributed by atoms with Gasteiger partial charge in [-0.2, -0.15) is 5.26 Å². The van der Waals surface area contributed by atoms with E-state index in [9.17, 15) is 25.0 Å². The van der Waals surface area contributed by atoms with E-state index in [4.69, 9.17) is 5.73 Å². The first kappa shape index (κ1) is 24.4. The van der Waals surface area contributed by atoms with Crippen molar-refractivity contribution in [2.45, 2.75) is 61.3 Å². The number of benzene rings is 1. The Morgan fingerprint density at radius 2 is 2.03 bits per heavy atom. The molecule has 3 fully saturated rings. The highest BCUT2D eigenvalue weighted by atomic mass is 32.3. The van der Waals surface area contributed by atoms with Gasteiger partial charge in [0.25, 0.3) is 0 Å². The Bertz CT molecular complexity index is 1030. The molecular formula is C23H32N6O4S. The van der Waals surface area contributed by atoms with Crippen LogP contribution in [-0.2, 0) is 9.59 Å². The van der Waals surface area contributed by atoms with Crippen LogP contribution in [0.25, 0.3) is 0 Å². The molecule has 3 heterocycles. The quantitative estimate of drug-likeness (QED) is 0.453. The molecule has 1 aromatic carbocycles. The van der Waals surface area contributed by atoms with Crippen LogP contribution in [0.15, 0.2) is 29.2 Å². The largest absolute Gasteiger partial charge is 0.330 e. The molecule has 0 aromatic heterocycles. The summed E-state index contributed by atoms with van der Waals surface area (Å²) in [6.07, 6.45) is 5.50. The van der Waals surface area contributed by atoms with Gasteiger partial charge in [0.05, 0.1) is 33.4 Å². The molecule has 3 saturated heterocycles. The monoisotopic (exact) mass is 488 g/mol. The van der Waals surface area contributed by atoms with Crippen LogP contribution in [-0.4, -0.2) is 87.2 Å². The van der Waals surface area contributed by atoms with E-state index in [2.05, 4.69) is 6.07 Å². The smallest absolute Gasteiger partial charge is 0.241 e. The molecule has 1 aromatic rings. The molecule has 0 aliphatic carbocycles. The lowest BCUT2D eigenvalue weighted by molar-refractivity contribution is -0.295. The van der Waals surface area contributed by atoms with Crippen LogP contribution in [0.5, 0.6) is 0 Å². The van der Waals surface area contributed by atoms with E-state index in [-0.39, 0.29) is 34.3 Å². The molecular weight excluding hydrogens is 456 g/mol. The van der Waals surface area contributed by atoms with E-state index < -0.39 is 22.3 Å². The normalized spacial score (nSPS) is 27.0. The molecule has 34 heavy (non-hydrogen) atoms. The van der Waals surface area contributed by atoms with Crippen molar-refractivity contribution >= 4 is 22.0 Å². The zero-order valence-corrected chi connectivity index (χ0v) is 20.6. The van der Waals surface area contributed by atoms with Crippen LogP contribution in [0.1, 0.15) is 37.8 Å². The van der Waals surface area contributed by atoms with Crippen LogP contribution < -0.4 is 5.73 Å². The third kappa shape index (κ3) is 4.15. The molecule has 2 bridgehead atoms. The molecule has 2 N–H and O–H groups in total. The number of likely N-dealkylation sites (tertiary alicyclic amines) is 3.